The molecule has 4 aromatic rings. The fourth-order valence-corrected chi connectivity index (χ4v) is 5.73. The number of fused-ring (bicyclic) bond motifs is 1. The van der Waals surface area contributed by atoms with Crippen molar-refractivity contribution in [2.24, 2.45) is 0 Å². The number of carbonyl (C=O) groups excluding carboxylic acids is 2. The van der Waals surface area contributed by atoms with Crippen molar-refractivity contribution in [1.29, 1.82) is 0 Å². The van der Waals surface area contributed by atoms with Gasteiger partial charge in [0.1, 0.15) is 22.9 Å². The Morgan fingerprint density at radius 2 is 1.58 bits per heavy atom. The molecule has 2 atom stereocenters. The molecule has 2 N–H and O–H groups in total. The van der Waals surface area contributed by atoms with E-state index in [1.807, 2.05) is 72.0 Å². The quantitative estimate of drug-likeness (QED) is 0.234. The van der Waals surface area contributed by atoms with E-state index in [4.69, 9.17) is 14.5 Å². The van der Waals surface area contributed by atoms with Crippen LogP contribution in [0.5, 0.6) is 0 Å². The van der Waals surface area contributed by atoms with E-state index in [0.717, 1.165) is 52.1 Å². The molecule has 10 nitrogen and oxygen atoms in total. The fourth-order valence-electron chi connectivity index (χ4n) is 5.73. The number of hydrogen-bond acceptors (Lipinski definition) is 6. The van der Waals surface area contributed by atoms with Gasteiger partial charge in [0, 0.05) is 25.1 Å². The van der Waals surface area contributed by atoms with Crippen molar-refractivity contribution in [2.45, 2.75) is 84.1 Å². The second-order valence-corrected chi connectivity index (χ2v) is 13.6. The molecule has 0 spiro atoms. The zero-order valence-corrected chi connectivity index (χ0v) is 26.7. The minimum absolute atomic E-state index is 0.145. The third kappa shape index (κ3) is 6.68. The van der Waals surface area contributed by atoms with Gasteiger partial charge >= 0.3 is 12.2 Å². The Morgan fingerprint density at radius 1 is 0.867 bits per heavy atom. The molecule has 10 heteroatoms. The molecule has 0 radical (unpaired) electrons. The molecule has 2 aliphatic heterocycles. The molecular weight excluding hydrogens is 568 g/mol. The highest BCUT2D eigenvalue weighted by molar-refractivity contribution is 5.83. The van der Waals surface area contributed by atoms with Gasteiger partial charge in [0.05, 0.1) is 29.0 Å². The van der Waals surface area contributed by atoms with Gasteiger partial charge in [-0.3, -0.25) is 9.80 Å². The van der Waals surface area contributed by atoms with Crippen molar-refractivity contribution in [3.8, 4) is 34.2 Å². The summed E-state index contributed by atoms with van der Waals surface area (Å²) < 4.78 is 11.3. The first-order valence-corrected chi connectivity index (χ1v) is 15.5. The number of nitrogens with zero attached hydrogens (tertiary/aromatic N) is 4. The predicted molar refractivity (Wildman–Crippen MR) is 172 cm³/mol. The van der Waals surface area contributed by atoms with Crippen LogP contribution in [0, 0.1) is 11.8 Å². The predicted octanol–water partition coefficient (Wildman–Crippen LogP) is 7.38. The Balaban J connectivity index is 1.23. The summed E-state index contributed by atoms with van der Waals surface area (Å²) in [6.45, 7) is 12.3. The first kappa shape index (κ1) is 30.3. The number of likely N-dealkylation sites (tertiary alicyclic amines) is 1. The Labute approximate surface area is 263 Å². The molecule has 1 saturated heterocycles. The molecule has 0 bridgehead atoms. The van der Waals surface area contributed by atoms with Crippen LogP contribution in [0.1, 0.15) is 84.5 Å². The molecule has 45 heavy (non-hydrogen) atoms. The molecule has 2 unspecified atom stereocenters. The fraction of sp³-hybridized carbons (Fsp3) is 0.429. The molecule has 2 aromatic heterocycles. The van der Waals surface area contributed by atoms with Gasteiger partial charge < -0.3 is 19.4 Å². The topological polar surface area (TPSA) is 116 Å². The molecule has 0 saturated carbocycles. The average molecular weight is 609 g/mol. The molecule has 4 heterocycles. The second-order valence-electron chi connectivity index (χ2n) is 13.6. The van der Waals surface area contributed by atoms with Crippen molar-refractivity contribution in [3.05, 3.63) is 60.3 Å². The van der Waals surface area contributed by atoms with E-state index in [9.17, 15) is 9.59 Å². The van der Waals surface area contributed by atoms with Crippen molar-refractivity contribution in [2.75, 3.05) is 13.1 Å². The standard InChI is InChI=1S/C35H40N6O4/c1-34(2,3)44-32(42)40-17-8-7-13-29(40)31-37-25-16-15-23(20-26(25)38-31)22-11-9-12-24(19-22)27-21-36-30(39-27)28-14-10-18-41(28)33(43)45-35(4,5)6/h9,11-12,15-16,19-21,28-29H,8,10,14,17-18H2,1-6H3,(H,36,39)(H,37,38). The van der Waals surface area contributed by atoms with Crippen LogP contribution >= 0.6 is 0 Å². The Hall–Kier alpha value is -4.78. The van der Waals surface area contributed by atoms with Crippen LogP contribution in [0.15, 0.2) is 48.7 Å². The summed E-state index contributed by atoms with van der Waals surface area (Å²) >= 11 is 0. The van der Waals surface area contributed by atoms with Crippen molar-refractivity contribution in [3.63, 3.8) is 0 Å². The van der Waals surface area contributed by atoms with Crippen molar-refractivity contribution in [1.82, 2.24) is 29.7 Å². The SMILES string of the molecule is CC(C)(C)OC(=O)N1CCC#CC1c1nc2ccc(-c3cccc(-c4cnc(C5CCCN5C(=O)OC(C)(C)C)[nH]4)c3)cc2[nH]1. The highest BCUT2D eigenvalue weighted by atomic mass is 16.6. The summed E-state index contributed by atoms with van der Waals surface area (Å²) in [5.74, 6) is 7.67. The molecule has 2 amide bonds. The van der Waals surface area contributed by atoms with Crippen LogP contribution in [0.25, 0.3) is 33.4 Å². The smallest absolute Gasteiger partial charge is 0.411 e. The van der Waals surface area contributed by atoms with E-state index < -0.39 is 23.3 Å². The lowest BCUT2D eigenvalue weighted by Crippen LogP contribution is -2.41. The third-order valence-corrected chi connectivity index (χ3v) is 7.71. The lowest BCUT2D eigenvalue weighted by molar-refractivity contribution is 0.0193. The summed E-state index contributed by atoms with van der Waals surface area (Å²) in [5, 5.41) is 0. The zero-order valence-electron chi connectivity index (χ0n) is 26.7. The number of hydrogen-bond donors (Lipinski definition) is 2. The number of benzene rings is 2. The molecule has 1 fully saturated rings. The van der Waals surface area contributed by atoms with Crippen LogP contribution in [-0.2, 0) is 9.47 Å². The Morgan fingerprint density at radius 3 is 2.33 bits per heavy atom. The van der Waals surface area contributed by atoms with Gasteiger partial charge in [-0.05, 0) is 83.7 Å². The van der Waals surface area contributed by atoms with Crippen LogP contribution in [0.3, 0.4) is 0 Å². The lowest BCUT2D eigenvalue weighted by Gasteiger charge is -2.31. The van der Waals surface area contributed by atoms with E-state index >= 15 is 0 Å². The van der Waals surface area contributed by atoms with E-state index in [1.165, 1.54) is 0 Å². The highest BCUT2D eigenvalue weighted by Gasteiger charge is 2.35. The summed E-state index contributed by atoms with van der Waals surface area (Å²) in [7, 11) is 0. The van der Waals surface area contributed by atoms with Gasteiger partial charge in [-0.25, -0.2) is 19.6 Å². The van der Waals surface area contributed by atoms with Crippen LogP contribution in [-0.4, -0.2) is 66.2 Å². The van der Waals surface area contributed by atoms with Crippen molar-refractivity contribution >= 4 is 23.2 Å². The number of aromatic amines is 2. The van der Waals surface area contributed by atoms with Gasteiger partial charge in [0.2, 0.25) is 0 Å². The van der Waals surface area contributed by atoms with E-state index in [-0.39, 0.29) is 12.1 Å². The molecule has 2 aromatic carbocycles. The van der Waals surface area contributed by atoms with Crippen LogP contribution in [0.2, 0.25) is 0 Å². The van der Waals surface area contributed by atoms with E-state index in [1.54, 1.807) is 9.80 Å². The monoisotopic (exact) mass is 608 g/mol. The van der Waals surface area contributed by atoms with Crippen molar-refractivity contribution < 1.29 is 19.1 Å². The maximum absolute atomic E-state index is 12.9. The zero-order chi connectivity index (χ0) is 31.9. The minimum Gasteiger partial charge on any atom is -0.444 e. The summed E-state index contributed by atoms with van der Waals surface area (Å²) in [6, 6.07) is 13.7. The minimum atomic E-state index is -0.599. The summed E-state index contributed by atoms with van der Waals surface area (Å²) in [5.41, 5.74) is 4.43. The maximum Gasteiger partial charge on any atom is 0.411 e. The normalized spacial score (nSPS) is 18.5. The van der Waals surface area contributed by atoms with Gasteiger partial charge in [0.15, 0.2) is 6.04 Å². The summed E-state index contributed by atoms with van der Waals surface area (Å²) in [4.78, 5) is 45.5. The molecular formula is C35H40N6O4. The van der Waals surface area contributed by atoms with Gasteiger partial charge in [-0.2, -0.15) is 0 Å². The highest BCUT2D eigenvalue weighted by Crippen LogP contribution is 2.34. The first-order chi connectivity index (χ1) is 21.3. The number of amides is 2. The molecule has 2 aliphatic rings. The second kappa shape index (κ2) is 11.6. The summed E-state index contributed by atoms with van der Waals surface area (Å²) in [6.07, 6.45) is 3.45. The Bertz CT molecular complexity index is 1800. The van der Waals surface area contributed by atoms with Gasteiger partial charge in [-0.15, -0.1) is 0 Å². The van der Waals surface area contributed by atoms with Gasteiger partial charge in [0.25, 0.3) is 0 Å². The number of ether oxygens (including phenoxy) is 2. The number of aromatic nitrogens is 4. The maximum atomic E-state index is 12.9. The number of imidazole rings is 2. The third-order valence-electron chi connectivity index (χ3n) is 7.71. The van der Waals surface area contributed by atoms with E-state index in [2.05, 4.69) is 45.0 Å². The van der Waals surface area contributed by atoms with Crippen LogP contribution in [0.4, 0.5) is 9.59 Å². The lowest BCUT2D eigenvalue weighted by atomic mass is 10.0. The largest absolute Gasteiger partial charge is 0.444 e. The Kier molecular flexibility index (Phi) is 7.81. The van der Waals surface area contributed by atoms with E-state index in [0.29, 0.717) is 25.3 Å². The number of nitrogens with one attached hydrogen (secondary N) is 2. The average Bonchev–Trinajstić information content (AvgIpc) is 3.74. The first-order valence-electron chi connectivity index (χ1n) is 15.5. The number of rotatable bonds is 4. The molecule has 0 aliphatic carbocycles. The molecule has 234 valence electrons. The molecule has 6 rings (SSSR count). The van der Waals surface area contributed by atoms with Gasteiger partial charge in [-0.1, -0.05) is 36.1 Å². The van der Waals surface area contributed by atoms with Crippen LogP contribution < -0.4 is 0 Å². The number of carbonyl (C=O) groups is 2. The number of H-pyrrole nitrogens is 2.